The Kier molecular flexibility index (Phi) is 4.93. The molecule has 20 heavy (non-hydrogen) atoms. The van der Waals surface area contributed by atoms with Crippen molar-refractivity contribution in [1.29, 1.82) is 0 Å². The molecule has 2 aromatic carbocycles. The van der Waals surface area contributed by atoms with Gasteiger partial charge in [-0.05, 0) is 48.9 Å². The minimum Gasteiger partial charge on any atom is -0.508 e. The van der Waals surface area contributed by atoms with Crippen LogP contribution in [-0.4, -0.2) is 11.7 Å². The summed E-state index contributed by atoms with van der Waals surface area (Å²) in [6.45, 7) is 0.971. The summed E-state index contributed by atoms with van der Waals surface area (Å²) in [7, 11) is 0. The van der Waals surface area contributed by atoms with Gasteiger partial charge in [-0.15, -0.1) is 0 Å². The molecule has 0 fully saturated rings. The monoisotopic (exact) mass is 297 g/mol. The number of nitrogens with one attached hydrogen (secondary N) is 1. The van der Waals surface area contributed by atoms with Crippen molar-refractivity contribution in [3.63, 3.8) is 0 Å². The van der Waals surface area contributed by atoms with Gasteiger partial charge in [-0.25, -0.2) is 8.78 Å². The average Bonchev–Trinajstić information content (AvgIpc) is 2.37. The molecule has 5 heteroatoms. The molecule has 0 spiro atoms. The Bertz CT molecular complexity index is 584. The van der Waals surface area contributed by atoms with Crippen molar-refractivity contribution in [1.82, 2.24) is 5.32 Å². The van der Waals surface area contributed by atoms with Crippen LogP contribution in [0.5, 0.6) is 5.75 Å². The second-order valence-electron chi connectivity index (χ2n) is 4.48. The molecule has 2 rings (SSSR count). The Balaban J connectivity index is 1.86. The zero-order valence-corrected chi connectivity index (χ0v) is 11.4. The third kappa shape index (κ3) is 4.18. The minimum atomic E-state index is -0.576. The molecule has 0 aliphatic carbocycles. The van der Waals surface area contributed by atoms with Gasteiger partial charge in [0.25, 0.3) is 0 Å². The third-order valence-corrected chi connectivity index (χ3v) is 3.10. The minimum absolute atomic E-state index is 0.165. The van der Waals surface area contributed by atoms with Crippen molar-refractivity contribution in [2.45, 2.75) is 13.0 Å². The van der Waals surface area contributed by atoms with Gasteiger partial charge in [0.2, 0.25) is 0 Å². The second kappa shape index (κ2) is 6.68. The van der Waals surface area contributed by atoms with Crippen LogP contribution in [0.15, 0.2) is 36.4 Å². The first-order valence-corrected chi connectivity index (χ1v) is 6.55. The van der Waals surface area contributed by atoms with Crippen LogP contribution in [0.3, 0.4) is 0 Å². The summed E-state index contributed by atoms with van der Waals surface area (Å²) in [5, 5.41) is 13.3. The van der Waals surface area contributed by atoms with Crippen LogP contribution in [0.4, 0.5) is 8.78 Å². The number of phenols is 1. The first-order chi connectivity index (χ1) is 9.54. The fraction of sp³-hybridized carbons (Fsp3) is 0.200. The molecule has 0 heterocycles. The molecule has 2 aromatic rings. The summed E-state index contributed by atoms with van der Waals surface area (Å²) in [5.74, 6) is -0.987. The van der Waals surface area contributed by atoms with Crippen LogP contribution in [0, 0.1) is 11.6 Å². The molecule has 0 bridgehead atoms. The molecule has 0 saturated carbocycles. The van der Waals surface area contributed by atoms with Gasteiger partial charge in [0, 0.05) is 23.2 Å². The smallest absolute Gasteiger partial charge is 0.126 e. The van der Waals surface area contributed by atoms with E-state index in [9.17, 15) is 13.9 Å². The molecule has 0 saturated heterocycles. The summed E-state index contributed by atoms with van der Waals surface area (Å²) in [6.07, 6.45) is 0.496. The highest BCUT2D eigenvalue weighted by molar-refractivity contribution is 6.30. The summed E-state index contributed by atoms with van der Waals surface area (Å²) < 4.78 is 26.0. The van der Waals surface area contributed by atoms with Crippen LogP contribution in [0.25, 0.3) is 0 Å². The SMILES string of the molecule is Oc1ccc(Cl)cc1CNCCc1cc(F)cc(F)c1. The largest absolute Gasteiger partial charge is 0.508 e. The van der Waals surface area contributed by atoms with E-state index in [-0.39, 0.29) is 5.75 Å². The number of phenolic OH excluding ortho intramolecular Hbond substituents is 1. The van der Waals surface area contributed by atoms with Gasteiger partial charge in [0.1, 0.15) is 17.4 Å². The van der Waals surface area contributed by atoms with Gasteiger partial charge >= 0.3 is 0 Å². The molecule has 2 N–H and O–H groups in total. The summed E-state index contributed by atoms with van der Waals surface area (Å²) in [6, 6.07) is 8.27. The Morgan fingerprint density at radius 3 is 2.45 bits per heavy atom. The van der Waals surface area contributed by atoms with Crippen LogP contribution in [0.2, 0.25) is 5.02 Å². The molecular weight excluding hydrogens is 284 g/mol. The zero-order valence-electron chi connectivity index (χ0n) is 10.7. The van der Waals surface area contributed by atoms with Crippen molar-refractivity contribution < 1.29 is 13.9 Å². The quantitative estimate of drug-likeness (QED) is 0.826. The van der Waals surface area contributed by atoms with E-state index in [1.807, 2.05) is 0 Å². The maximum absolute atomic E-state index is 13.0. The molecule has 0 aliphatic rings. The lowest BCUT2D eigenvalue weighted by Gasteiger charge is -2.07. The van der Waals surface area contributed by atoms with Crippen LogP contribution in [0.1, 0.15) is 11.1 Å². The average molecular weight is 298 g/mol. The summed E-state index contributed by atoms with van der Waals surface area (Å²) in [5.41, 5.74) is 1.27. The van der Waals surface area contributed by atoms with Gasteiger partial charge in [-0.2, -0.15) is 0 Å². The molecule has 0 radical (unpaired) electrons. The van der Waals surface area contributed by atoms with Crippen LogP contribution >= 0.6 is 11.6 Å². The van der Waals surface area contributed by atoms with E-state index in [0.717, 1.165) is 6.07 Å². The fourth-order valence-corrected chi connectivity index (χ4v) is 2.10. The van der Waals surface area contributed by atoms with Crippen molar-refractivity contribution in [2.24, 2.45) is 0 Å². The van der Waals surface area contributed by atoms with Gasteiger partial charge < -0.3 is 10.4 Å². The van der Waals surface area contributed by atoms with E-state index in [4.69, 9.17) is 11.6 Å². The summed E-state index contributed by atoms with van der Waals surface area (Å²) in [4.78, 5) is 0. The number of benzene rings is 2. The number of hydrogen-bond donors (Lipinski definition) is 2. The Labute approximate surface area is 121 Å². The number of halogens is 3. The molecule has 0 unspecified atom stereocenters. The normalized spacial score (nSPS) is 10.8. The fourth-order valence-electron chi connectivity index (χ4n) is 1.91. The van der Waals surface area contributed by atoms with Crippen LogP contribution < -0.4 is 5.32 Å². The summed E-state index contributed by atoms with van der Waals surface area (Å²) >= 11 is 5.84. The maximum Gasteiger partial charge on any atom is 0.126 e. The van der Waals surface area contributed by atoms with Crippen molar-refractivity contribution in [3.05, 3.63) is 64.2 Å². The lowest BCUT2D eigenvalue weighted by molar-refractivity contribution is 0.464. The van der Waals surface area contributed by atoms with Crippen molar-refractivity contribution >= 4 is 11.6 Å². The highest BCUT2D eigenvalue weighted by atomic mass is 35.5. The Morgan fingerprint density at radius 1 is 1.05 bits per heavy atom. The molecule has 0 amide bonds. The Hall–Kier alpha value is -1.65. The first kappa shape index (κ1) is 14.8. The topological polar surface area (TPSA) is 32.3 Å². The van der Waals surface area contributed by atoms with Crippen molar-refractivity contribution in [3.8, 4) is 5.75 Å². The second-order valence-corrected chi connectivity index (χ2v) is 4.91. The van der Waals surface area contributed by atoms with Gasteiger partial charge in [0.05, 0.1) is 0 Å². The number of hydrogen-bond acceptors (Lipinski definition) is 2. The van der Waals surface area contributed by atoms with Gasteiger partial charge in [-0.1, -0.05) is 11.6 Å². The van der Waals surface area contributed by atoms with E-state index in [1.54, 1.807) is 12.1 Å². The van der Waals surface area contributed by atoms with E-state index >= 15 is 0 Å². The zero-order chi connectivity index (χ0) is 14.5. The standard InChI is InChI=1S/C15H14ClF2NO/c16-12-1-2-15(20)11(7-12)9-19-4-3-10-5-13(17)8-14(18)6-10/h1-2,5-8,19-20H,3-4,9H2. The maximum atomic E-state index is 13.0. The van der Waals surface area contributed by atoms with Gasteiger partial charge in [0.15, 0.2) is 0 Å². The van der Waals surface area contributed by atoms with E-state index in [1.165, 1.54) is 18.2 Å². The molecule has 0 aliphatic heterocycles. The van der Waals surface area contributed by atoms with Gasteiger partial charge in [-0.3, -0.25) is 0 Å². The predicted molar refractivity (Wildman–Crippen MR) is 74.9 cm³/mol. The molecule has 0 aromatic heterocycles. The Morgan fingerprint density at radius 2 is 1.75 bits per heavy atom. The molecular formula is C15H14ClF2NO. The molecule has 2 nitrogen and oxygen atoms in total. The highest BCUT2D eigenvalue weighted by Crippen LogP contribution is 2.21. The highest BCUT2D eigenvalue weighted by Gasteiger charge is 2.03. The van der Waals surface area contributed by atoms with Crippen LogP contribution in [-0.2, 0) is 13.0 Å². The molecule has 0 atom stereocenters. The first-order valence-electron chi connectivity index (χ1n) is 6.17. The van der Waals surface area contributed by atoms with Crippen molar-refractivity contribution in [2.75, 3.05) is 6.54 Å². The number of aromatic hydroxyl groups is 1. The van der Waals surface area contributed by atoms with E-state index in [2.05, 4.69) is 5.32 Å². The molecule has 106 valence electrons. The third-order valence-electron chi connectivity index (χ3n) is 2.87. The predicted octanol–water partition coefficient (Wildman–Crippen LogP) is 3.66. The lowest BCUT2D eigenvalue weighted by Crippen LogP contribution is -2.16. The van der Waals surface area contributed by atoms with E-state index < -0.39 is 11.6 Å². The van der Waals surface area contributed by atoms with E-state index in [0.29, 0.717) is 35.7 Å². The lowest BCUT2D eigenvalue weighted by atomic mass is 10.1. The number of rotatable bonds is 5.